The van der Waals surface area contributed by atoms with Crippen molar-refractivity contribution in [3.8, 4) is 11.4 Å². The number of benzene rings is 1. The molecular weight excluding hydrogens is 382 g/mol. The Balaban J connectivity index is 1.85. The summed E-state index contributed by atoms with van der Waals surface area (Å²) in [4.78, 5) is 23.3. The molecule has 7 N–H and O–H groups in total. The number of amides is 1. The van der Waals surface area contributed by atoms with Crippen LogP contribution in [0.4, 0.5) is 17.3 Å². The molecule has 0 radical (unpaired) electrons. The molecule has 0 atom stereocenters. The fourth-order valence-corrected chi connectivity index (χ4v) is 3.35. The summed E-state index contributed by atoms with van der Waals surface area (Å²) >= 11 is 0. The highest BCUT2D eigenvalue weighted by molar-refractivity contribution is 5.95. The minimum absolute atomic E-state index is 0.0884. The maximum atomic E-state index is 12.4. The van der Waals surface area contributed by atoms with Crippen LogP contribution < -0.4 is 21.7 Å². The molecule has 10 heteroatoms. The van der Waals surface area contributed by atoms with Gasteiger partial charge in [-0.15, -0.1) is 0 Å². The average molecular weight is 409 g/mol. The minimum atomic E-state index is 0.0884. The van der Waals surface area contributed by atoms with Gasteiger partial charge < -0.3 is 37.4 Å². The van der Waals surface area contributed by atoms with Crippen molar-refractivity contribution >= 4 is 35.7 Å². The van der Waals surface area contributed by atoms with Crippen molar-refractivity contribution < 1.29 is 4.79 Å². The molecule has 1 saturated heterocycles. The Bertz CT molecular complexity index is 938. The van der Waals surface area contributed by atoms with E-state index < -0.39 is 0 Å². The summed E-state index contributed by atoms with van der Waals surface area (Å²) in [7, 11) is 1.72. The number of carbonyl (C=O) groups is 1. The van der Waals surface area contributed by atoms with Crippen LogP contribution in [0.3, 0.4) is 0 Å². The van der Waals surface area contributed by atoms with Crippen molar-refractivity contribution in [3.63, 3.8) is 0 Å². The molecule has 0 aliphatic carbocycles. The number of hydrogen-bond acceptors (Lipinski definition) is 9. The average Bonchev–Trinajstić information content (AvgIpc) is 2.78. The number of nitrogen functional groups attached to an aromatic ring is 1. The quantitative estimate of drug-likeness (QED) is 0.280. The summed E-state index contributed by atoms with van der Waals surface area (Å²) in [6.45, 7) is 3.44. The third kappa shape index (κ3) is 4.54. The highest BCUT2D eigenvalue weighted by Gasteiger charge is 2.18. The molecular formula is C20H27N9O. The van der Waals surface area contributed by atoms with Crippen molar-refractivity contribution in [2.75, 3.05) is 56.1 Å². The number of nitrogens with one attached hydrogen (secondary N) is 5. The molecule has 0 saturated carbocycles. The van der Waals surface area contributed by atoms with E-state index in [1.54, 1.807) is 25.2 Å². The molecule has 158 valence electrons. The van der Waals surface area contributed by atoms with Gasteiger partial charge in [-0.2, -0.15) is 0 Å². The van der Waals surface area contributed by atoms with Crippen LogP contribution in [0.2, 0.25) is 0 Å². The second-order valence-corrected chi connectivity index (χ2v) is 6.81. The summed E-state index contributed by atoms with van der Waals surface area (Å²) in [5.74, 6) is 1.40. The van der Waals surface area contributed by atoms with E-state index in [-0.39, 0.29) is 5.91 Å². The number of aromatic nitrogens is 2. The SMILES string of the molecule is CNc1nc(-c2cccc(N)c2C=N)nc(NCCC(=O)N2CCNCC2)c1C=N. The molecule has 1 aromatic heterocycles. The van der Waals surface area contributed by atoms with Gasteiger partial charge in [0, 0.05) is 75.4 Å². The van der Waals surface area contributed by atoms with Gasteiger partial charge in [0.1, 0.15) is 11.6 Å². The largest absolute Gasteiger partial charge is 0.398 e. The fraction of sp³-hybridized carbons (Fsp3) is 0.350. The molecule has 0 spiro atoms. The number of nitrogens with two attached hydrogens (primary N) is 1. The van der Waals surface area contributed by atoms with Crippen LogP contribution in [0.15, 0.2) is 18.2 Å². The predicted molar refractivity (Wildman–Crippen MR) is 120 cm³/mol. The number of anilines is 3. The van der Waals surface area contributed by atoms with E-state index >= 15 is 0 Å². The Hall–Kier alpha value is -3.53. The van der Waals surface area contributed by atoms with E-state index in [4.69, 9.17) is 16.6 Å². The monoisotopic (exact) mass is 409 g/mol. The molecule has 3 rings (SSSR count). The number of piperazine rings is 1. The van der Waals surface area contributed by atoms with Crippen LogP contribution >= 0.6 is 0 Å². The van der Waals surface area contributed by atoms with E-state index in [9.17, 15) is 4.79 Å². The van der Waals surface area contributed by atoms with Gasteiger partial charge in [-0.3, -0.25) is 4.79 Å². The van der Waals surface area contributed by atoms with Gasteiger partial charge in [0.25, 0.3) is 0 Å². The maximum Gasteiger partial charge on any atom is 0.224 e. The van der Waals surface area contributed by atoms with Gasteiger partial charge in [0.2, 0.25) is 5.91 Å². The normalized spacial score (nSPS) is 13.6. The van der Waals surface area contributed by atoms with Crippen molar-refractivity contribution in [2.24, 2.45) is 0 Å². The third-order valence-corrected chi connectivity index (χ3v) is 4.95. The zero-order valence-electron chi connectivity index (χ0n) is 17.0. The third-order valence-electron chi connectivity index (χ3n) is 4.95. The topological polar surface area (TPSA) is 156 Å². The molecule has 30 heavy (non-hydrogen) atoms. The van der Waals surface area contributed by atoms with Gasteiger partial charge >= 0.3 is 0 Å². The lowest BCUT2D eigenvalue weighted by atomic mass is 10.1. The zero-order valence-corrected chi connectivity index (χ0v) is 17.0. The number of carbonyl (C=O) groups excluding carboxylic acids is 1. The summed E-state index contributed by atoms with van der Waals surface area (Å²) in [6.07, 6.45) is 2.68. The van der Waals surface area contributed by atoms with Gasteiger partial charge in [-0.1, -0.05) is 12.1 Å². The van der Waals surface area contributed by atoms with Crippen LogP contribution in [0.5, 0.6) is 0 Å². The maximum absolute atomic E-state index is 12.4. The van der Waals surface area contributed by atoms with Gasteiger partial charge in [-0.25, -0.2) is 9.97 Å². The number of hydrogen-bond donors (Lipinski definition) is 6. The molecule has 1 aliphatic heterocycles. The number of nitrogens with zero attached hydrogens (tertiary/aromatic N) is 3. The first-order chi connectivity index (χ1) is 14.6. The zero-order chi connectivity index (χ0) is 21.5. The van der Waals surface area contributed by atoms with Crippen molar-refractivity contribution in [3.05, 3.63) is 29.3 Å². The van der Waals surface area contributed by atoms with E-state index in [1.807, 2.05) is 4.90 Å². The molecule has 10 nitrogen and oxygen atoms in total. The molecule has 1 fully saturated rings. The van der Waals surface area contributed by atoms with Crippen LogP contribution in [0.1, 0.15) is 17.5 Å². The first-order valence-corrected chi connectivity index (χ1v) is 9.81. The second-order valence-electron chi connectivity index (χ2n) is 6.81. The lowest BCUT2D eigenvalue weighted by Gasteiger charge is -2.27. The lowest BCUT2D eigenvalue weighted by molar-refractivity contribution is -0.131. The molecule has 2 heterocycles. The second kappa shape index (κ2) is 9.79. The Labute approximate surface area is 175 Å². The van der Waals surface area contributed by atoms with E-state index in [0.29, 0.717) is 65.9 Å². The summed E-state index contributed by atoms with van der Waals surface area (Å²) < 4.78 is 0. The van der Waals surface area contributed by atoms with Gasteiger partial charge in [-0.05, 0) is 6.07 Å². The van der Waals surface area contributed by atoms with Crippen molar-refractivity contribution in [1.29, 1.82) is 10.8 Å². The summed E-state index contributed by atoms with van der Waals surface area (Å²) in [5.41, 5.74) is 8.11. The molecule has 0 bridgehead atoms. The van der Waals surface area contributed by atoms with Gasteiger partial charge in [0.05, 0.1) is 5.56 Å². The fourth-order valence-electron chi connectivity index (χ4n) is 3.35. The molecule has 2 aromatic rings. The van der Waals surface area contributed by atoms with E-state index in [1.165, 1.54) is 12.4 Å². The van der Waals surface area contributed by atoms with Crippen LogP contribution in [-0.4, -0.2) is 73.0 Å². The molecule has 1 aromatic carbocycles. The molecule has 1 amide bonds. The van der Waals surface area contributed by atoms with Gasteiger partial charge in [0.15, 0.2) is 5.82 Å². The number of rotatable bonds is 8. The smallest absolute Gasteiger partial charge is 0.224 e. The van der Waals surface area contributed by atoms with E-state index in [2.05, 4.69) is 25.9 Å². The predicted octanol–water partition coefficient (Wildman–Crippen LogP) is 0.997. The highest BCUT2D eigenvalue weighted by Crippen LogP contribution is 2.28. The van der Waals surface area contributed by atoms with Crippen LogP contribution in [0, 0.1) is 10.8 Å². The Kier molecular flexibility index (Phi) is 6.91. The van der Waals surface area contributed by atoms with Crippen molar-refractivity contribution in [1.82, 2.24) is 20.2 Å². The Morgan fingerprint density at radius 1 is 1.20 bits per heavy atom. The Morgan fingerprint density at radius 2 is 1.90 bits per heavy atom. The van der Waals surface area contributed by atoms with Crippen LogP contribution in [0.25, 0.3) is 11.4 Å². The first-order valence-electron chi connectivity index (χ1n) is 9.81. The first kappa shape index (κ1) is 21.2. The summed E-state index contributed by atoms with van der Waals surface area (Å²) in [6, 6.07) is 5.30. The Morgan fingerprint density at radius 3 is 2.57 bits per heavy atom. The highest BCUT2D eigenvalue weighted by atomic mass is 16.2. The standard InChI is InChI=1S/C20H27N9O/c1-24-18-15(12-22)19(26-6-5-17(30)29-9-7-25-8-10-29)28-20(27-18)13-3-2-4-16(23)14(13)11-21/h2-4,11-12,21-22,25H,5-10,23H2,1H3,(H2,24,26,27,28). The van der Waals surface area contributed by atoms with Crippen LogP contribution in [-0.2, 0) is 4.79 Å². The van der Waals surface area contributed by atoms with E-state index in [0.717, 1.165) is 13.1 Å². The molecule has 1 aliphatic rings. The summed E-state index contributed by atoms with van der Waals surface area (Å²) in [5, 5.41) is 24.9. The molecule has 0 unspecified atom stereocenters. The lowest BCUT2D eigenvalue weighted by Crippen LogP contribution is -2.46. The minimum Gasteiger partial charge on any atom is -0.398 e. The van der Waals surface area contributed by atoms with Crippen molar-refractivity contribution in [2.45, 2.75) is 6.42 Å².